The molecule has 6 heteroatoms. The summed E-state index contributed by atoms with van der Waals surface area (Å²) in [7, 11) is 1.59. The van der Waals surface area contributed by atoms with E-state index in [4.69, 9.17) is 14.2 Å². The Morgan fingerprint density at radius 3 is 2.29 bits per heavy atom. The van der Waals surface area contributed by atoms with Crippen molar-refractivity contribution < 1.29 is 28.6 Å². The highest BCUT2D eigenvalue weighted by atomic mass is 16.5. The topological polar surface area (TPSA) is 78.9 Å². The van der Waals surface area contributed by atoms with Crippen LogP contribution in [0.25, 0.3) is 0 Å². The summed E-state index contributed by atoms with van der Waals surface area (Å²) in [6.45, 7) is 8.98. The second kappa shape index (κ2) is 7.94. The minimum atomic E-state index is -0.684. The molecule has 4 aliphatic rings. The van der Waals surface area contributed by atoms with E-state index in [2.05, 4.69) is 33.8 Å². The first-order chi connectivity index (χ1) is 16.5. The van der Waals surface area contributed by atoms with Crippen LogP contribution in [0.3, 0.4) is 0 Å². The second-order valence-corrected chi connectivity index (χ2v) is 12.1. The maximum atomic E-state index is 13.6. The molecule has 3 aliphatic carbocycles. The molecule has 1 aromatic carbocycles. The molecule has 6 nitrogen and oxygen atoms in total. The number of ether oxygens (including phenoxy) is 3. The predicted molar refractivity (Wildman–Crippen MR) is 130 cm³/mol. The molecule has 0 amide bonds. The fourth-order valence-electron chi connectivity index (χ4n) is 8.45. The van der Waals surface area contributed by atoms with E-state index in [1.165, 1.54) is 0 Å². The molecule has 0 N–H and O–H groups in total. The van der Waals surface area contributed by atoms with E-state index in [0.29, 0.717) is 17.9 Å². The van der Waals surface area contributed by atoms with Crippen molar-refractivity contribution in [2.75, 3.05) is 13.7 Å². The van der Waals surface area contributed by atoms with Crippen molar-refractivity contribution in [3.05, 3.63) is 36.4 Å². The smallest absolute Gasteiger partial charge is 0.315 e. The van der Waals surface area contributed by atoms with Gasteiger partial charge in [0.25, 0.3) is 0 Å². The van der Waals surface area contributed by atoms with Gasteiger partial charge in [0, 0.05) is 10.8 Å². The molecule has 1 saturated heterocycles. The zero-order valence-corrected chi connectivity index (χ0v) is 21.4. The Kier molecular flexibility index (Phi) is 5.46. The highest BCUT2D eigenvalue weighted by molar-refractivity contribution is 5.96. The first kappa shape index (κ1) is 24.1. The lowest BCUT2D eigenvalue weighted by atomic mass is 9.35. The average molecular weight is 481 g/mol. The van der Waals surface area contributed by atoms with E-state index in [-0.39, 0.29) is 48.0 Å². The third kappa shape index (κ3) is 3.31. The summed E-state index contributed by atoms with van der Waals surface area (Å²) >= 11 is 0. The fraction of sp³-hybridized carbons (Fsp3) is 0.621. The second-order valence-electron chi connectivity index (χ2n) is 12.1. The highest BCUT2D eigenvalue weighted by Crippen LogP contribution is 2.72. The Balaban J connectivity index is 1.52. The van der Waals surface area contributed by atoms with Gasteiger partial charge in [0.1, 0.15) is 11.5 Å². The SMILES string of the molecule is COc1ccc(OC(=O)[C@H]2CC[C@@H]3[C@@]4(C)C(=O)C=CC(C)(C)C4CC[C@@]3(C)[C@@]23COC(=O)C3)cc1. The number of hydrogen-bond acceptors (Lipinski definition) is 6. The normalized spacial score (nSPS) is 39.5. The van der Waals surface area contributed by atoms with Gasteiger partial charge in [-0.2, -0.15) is 0 Å². The lowest BCUT2D eigenvalue weighted by molar-refractivity contribution is -0.202. The summed E-state index contributed by atoms with van der Waals surface area (Å²) in [6.07, 6.45) is 7.09. The van der Waals surface area contributed by atoms with Crippen molar-refractivity contribution >= 4 is 17.7 Å². The molecule has 5 rings (SSSR count). The van der Waals surface area contributed by atoms with Crippen molar-refractivity contribution in [1.29, 1.82) is 0 Å². The number of rotatable bonds is 3. The van der Waals surface area contributed by atoms with Gasteiger partial charge in [-0.15, -0.1) is 0 Å². The highest BCUT2D eigenvalue weighted by Gasteiger charge is 2.71. The van der Waals surface area contributed by atoms with Gasteiger partial charge in [0.05, 0.1) is 26.1 Å². The molecule has 1 heterocycles. The standard InChI is InChI=1S/C29H36O6/c1-26(2)14-13-23(30)28(4)21(26)12-15-27(3)22(28)11-10-20(29(27)16-24(31)34-17-29)25(32)35-19-8-6-18(33-5)7-9-19/h6-9,13-14,20-22H,10-12,15-17H2,1-5H3/t20-,21?,22+,27-,28+,29+/m1/s1. The van der Waals surface area contributed by atoms with Gasteiger partial charge in [-0.3, -0.25) is 14.4 Å². The predicted octanol–water partition coefficient (Wildman–Crippen LogP) is 5.15. The van der Waals surface area contributed by atoms with Crippen molar-refractivity contribution in [2.24, 2.45) is 39.4 Å². The summed E-state index contributed by atoms with van der Waals surface area (Å²) < 4.78 is 16.6. The minimum absolute atomic E-state index is 0.0602. The summed E-state index contributed by atoms with van der Waals surface area (Å²) in [4.78, 5) is 39.8. The number of allylic oxidation sites excluding steroid dienone is 2. The van der Waals surface area contributed by atoms with Gasteiger partial charge in [0.2, 0.25) is 0 Å². The lowest BCUT2D eigenvalue weighted by Gasteiger charge is -2.66. The van der Waals surface area contributed by atoms with Crippen LogP contribution in [0.1, 0.15) is 59.8 Å². The van der Waals surface area contributed by atoms with Crippen LogP contribution in [0.2, 0.25) is 0 Å². The van der Waals surface area contributed by atoms with E-state index < -0.39 is 22.2 Å². The Labute approximate surface area is 207 Å². The van der Waals surface area contributed by atoms with Gasteiger partial charge in [-0.05, 0) is 78.7 Å². The zero-order valence-electron chi connectivity index (χ0n) is 21.4. The van der Waals surface area contributed by atoms with Crippen LogP contribution in [0.5, 0.6) is 11.5 Å². The van der Waals surface area contributed by atoms with Crippen molar-refractivity contribution in [2.45, 2.75) is 59.8 Å². The number of hydrogen-bond donors (Lipinski definition) is 0. The first-order valence-corrected chi connectivity index (χ1v) is 12.7. The van der Waals surface area contributed by atoms with Crippen LogP contribution >= 0.6 is 0 Å². The summed E-state index contributed by atoms with van der Waals surface area (Å²) in [6, 6.07) is 6.94. The molecule has 188 valence electrons. The number of ketones is 1. The van der Waals surface area contributed by atoms with Crippen LogP contribution in [-0.4, -0.2) is 31.4 Å². The van der Waals surface area contributed by atoms with E-state index in [1.54, 1.807) is 37.5 Å². The van der Waals surface area contributed by atoms with Gasteiger partial charge >= 0.3 is 11.9 Å². The number of benzene rings is 1. The molecular weight excluding hydrogens is 444 g/mol. The van der Waals surface area contributed by atoms with E-state index in [1.807, 2.05) is 0 Å². The third-order valence-corrected chi connectivity index (χ3v) is 10.3. The lowest BCUT2D eigenvalue weighted by Crippen LogP contribution is -2.66. The van der Waals surface area contributed by atoms with Crippen molar-refractivity contribution in [3.63, 3.8) is 0 Å². The number of carbonyl (C=O) groups is 3. The Morgan fingerprint density at radius 2 is 1.66 bits per heavy atom. The minimum Gasteiger partial charge on any atom is -0.497 e. The quantitative estimate of drug-likeness (QED) is 0.440. The molecule has 35 heavy (non-hydrogen) atoms. The Hall–Kier alpha value is -2.63. The van der Waals surface area contributed by atoms with Crippen molar-refractivity contribution in [3.8, 4) is 11.5 Å². The molecule has 2 saturated carbocycles. The molecule has 0 bridgehead atoms. The Morgan fingerprint density at radius 1 is 0.971 bits per heavy atom. The molecule has 1 aromatic rings. The number of esters is 2. The van der Waals surface area contributed by atoms with Crippen LogP contribution in [0, 0.1) is 39.4 Å². The monoisotopic (exact) mass is 480 g/mol. The maximum absolute atomic E-state index is 13.6. The van der Waals surface area contributed by atoms with E-state index in [0.717, 1.165) is 19.3 Å². The van der Waals surface area contributed by atoms with Crippen LogP contribution < -0.4 is 9.47 Å². The summed E-state index contributed by atoms with van der Waals surface area (Å²) in [5.74, 6) is 0.537. The van der Waals surface area contributed by atoms with Crippen molar-refractivity contribution in [1.82, 2.24) is 0 Å². The number of fused-ring (bicyclic) bond motifs is 4. The summed E-state index contributed by atoms with van der Waals surface area (Å²) in [5.41, 5.74) is -1.70. The number of carbonyl (C=O) groups excluding carboxylic acids is 3. The first-order valence-electron chi connectivity index (χ1n) is 12.7. The molecule has 0 radical (unpaired) electrons. The van der Waals surface area contributed by atoms with Crippen LogP contribution in [0.15, 0.2) is 36.4 Å². The van der Waals surface area contributed by atoms with Crippen LogP contribution in [-0.2, 0) is 19.1 Å². The third-order valence-electron chi connectivity index (χ3n) is 10.3. The van der Waals surface area contributed by atoms with E-state index in [9.17, 15) is 14.4 Å². The summed E-state index contributed by atoms with van der Waals surface area (Å²) in [5, 5.41) is 0. The molecule has 0 aromatic heterocycles. The average Bonchev–Trinajstić information content (AvgIpc) is 3.21. The number of cyclic esters (lactones) is 1. The maximum Gasteiger partial charge on any atom is 0.315 e. The van der Waals surface area contributed by atoms with E-state index >= 15 is 0 Å². The molecule has 1 spiro atoms. The molecule has 6 atom stereocenters. The van der Waals surface area contributed by atoms with Gasteiger partial charge in [-0.1, -0.05) is 33.8 Å². The number of methoxy groups -OCH3 is 1. The van der Waals surface area contributed by atoms with Gasteiger partial charge < -0.3 is 14.2 Å². The van der Waals surface area contributed by atoms with Gasteiger partial charge in [0.15, 0.2) is 5.78 Å². The van der Waals surface area contributed by atoms with Crippen LogP contribution in [0.4, 0.5) is 0 Å². The zero-order chi connectivity index (χ0) is 25.2. The fourth-order valence-corrected chi connectivity index (χ4v) is 8.45. The molecule has 1 aliphatic heterocycles. The molecular formula is C29H36O6. The Bertz CT molecular complexity index is 1090. The molecule has 3 fully saturated rings. The molecule has 1 unspecified atom stereocenters. The largest absolute Gasteiger partial charge is 0.497 e. The van der Waals surface area contributed by atoms with Gasteiger partial charge in [-0.25, -0.2) is 0 Å².